The Morgan fingerprint density at radius 1 is 1.08 bits per heavy atom. The quantitative estimate of drug-likeness (QED) is 0.715. The van der Waals surface area contributed by atoms with Crippen LogP contribution in [0.3, 0.4) is 0 Å². The van der Waals surface area contributed by atoms with Gasteiger partial charge in [0.05, 0.1) is 5.69 Å². The summed E-state index contributed by atoms with van der Waals surface area (Å²) in [5, 5.41) is 7.92. The van der Waals surface area contributed by atoms with Gasteiger partial charge in [0.25, 0.3) is 0 Å². The second kappa shape index (κ2) is 4.18. The normalized spacial score (nSPS) is 10.4. The summed E-state index contributed by atoms with van der Waals surface area (Å²) in [5.41, 5.74) is 14.4. The molecule has 0 spiro atoms. The molecule has 0 bridgehead atoms. The molecule has 0 aliphatic rings. The molecule has 1 heterocycles. The number of rotatable bonds is 3. The van der Waals surface area contributed by atoms with Crippen LogP contribution in [-0.2, 0) is 19.4 Å². The fraction of sp³-hybridized carbons (Fsp3) is 0.556. The largest absolute Gasteiger partial charge is 0.382 e. The monoisotopic (exact) mass is 180 g/mol. The van der Waals surface area contributed by atoms with Gasteiger partial charge in [0.1, 0.15) is 0 Å². The maximum atomic E-state index is 5.68. The van der Waals surface area contributed by atoms with Crippen molar-refractivity contribution in [3.63, 3.8) is 0 Å². The molecule has 72 valence electrons. The molecule has 1 rings (SSSR count). The van der Waals surface area contributed by atoms with Gasteiger partial charge in [-0.15, -0.1) is 5.10 Å². The van der Waals surface area contributed by atoms with Crippen LogP contribution in [-0.4, -0.2) is 10.2 Å². The van der Waals surface area contributed by atoms with Gasteiger partial charge in [-0.3, -0.25) is 0 Å². The zero-order valence-corrected chi connectivity index (χ0v) is 8.17. The highest BCUT2D eigenvalue weighted by Gasteiger charge is 2.10. The molecule has 1 aromatic rings. The molecule has 4 nitrogen and oxygen atoms in total. The molecule has 0 fully saturated rings. The molecule has 0 unspecified atom stereocenters. The van der Waals surface area contributed by atoms with Crippen molar-refractivity contribution in [2.45, 2.75) is 33.2 Å². The van der Waals surface area contributed by atoms with E-state index < -0.39 is 0 Å². The molecule has 0 aromatic carbocycles. The average Bonchev–Trinajstić information content (AvgIpc) is 2.17. The highest BCUT2D eigenvalue weighted by atomic mass is 15.1. The lowest BCUT2D eigenvalue weighted by Crippen LogP contribution is -2.12. The van der Waals surface area contributed by atoms with E-state index in [1.165, 1.54) is 0 Å². The summed E-state index contributed by atoms with van der Waals surface area (Å²) in [7, 11) is 0. The number of hydrogen-bond donors (Lipinski definition) is 2. The highest BCUT2D eigenvalue weighted by molar-refractivity contribution is 5.45. The summed E-state index contributed by atoms with van der Waals surface area (Å²) < 4.78 is 0. The van der Waals surface area contributed by atoms with E-state index in [-0.39, 0.29) is 0 Å². The molecule has 13 heavy (non-hydrogen) atoms. The molecule has 0 radical (unpaired) electrons. The van der Waals surface area contributed by atoms with Gasteiger partial charge in [0.15, 0.2) is 5.82 Å². The Morgan fingerprint density at radius 3 is 2.23 bits per heavy atom. The van der Waals surface area contributed by atoms with Crippen LogP contribution in [0, 0.1) is 0 Å². The van der Waals surface area contributed by atoms with Crippen molar-refractivity contribution in [3.05, 3.63) is 16.8 Å². The molecule has 4 heteroatoms. The van der Waals surface area contributed by atoms with Crippen LogP contribution < -0.4 is 11.5 Å². The number of anilines is 1. The Hall–Kier alpha value is -1.16. The van der Waals surface area contributed by atoms with E-state index in [0.717, 1.165) is 29.7 Å². The van der Waals surface area contributed by atoms with Crippen LogP contribution in [0.4, 0.5) is 5.82 Å². The van der Waals surface area contributed by atoms with E-state index in [2.05, 4.69) is 24.0 Å². The lowest BCUT2D eigenvalue weighted by molar-refractivity contribution is 0.850. The smallest absolute Gasteiger partial charge is 0.150 e. The van der Waals surface area contributed by atoms with Crippen molar-refractivity contribution in [2.75, 3.05) is 5.73 Å². The van der Waals surface area contributed by atoms with Crippen molar-refractivity contribution in [1.82, 2.24) is 10.2 Å². The van der Waals surface area contributed by atoms with Crippen LogP contribution in [0.2, 0.25) is 0 Å². The van der Waals surface area contributed by atoms with Crippen LogP contribution in [0.1, 0.15) is 30.7 Å². The number of hydrogen-bond acceptors (Lipinski definition) is 4. The summed E-state index contributed by atoms with van der Waals surface area (Å²) in [6, 6.07) is 0. The van der Waals surface area contributed by atoms with Gasteiger partial charge >= 0.3 is 0 Å². The highest BCUT2D eigenvalue weighted by Crippen LogP contribution is 2.17. The minimum atomic E-state index is 0.442. The molecule has 0 saturated carbocycles. The second-order valence-electron chi connectivity index (χ2n) is 2.90. The van der Waals surface area contributed by atoms with Gasteiger partial charge in [-0.1, -0.05) is 13.8 Å². The van der Waals surface area contributed by atoms with Crippen molar-refractivity contribution in [1.29, 1.82) is 0 Å². The molecular formula is C9H16N4. The first kappa shape index (κ1) is 9.92. The first-order chi connectivity index (χ1) is 6.24. The molecule has 1 aromatic heterocycles. The van der Waals surface area contributed by atoms with E-state index in [4.69, 9.17) is 11.5 Å². The molecule has 0 saturated heterocycles. The minimum Gasteiger partial charge on any atom is -0.382 e. The van der Waals surface area contributed by atoms with Crippen LogP contribution in [0.25, 0.3) is 0 Å². The third-order valence-corrected chi connectivity index (χ3v) is 2.19. The van der Waals surface area contributed by atoms with E-state index in [0.29, 0.717) is 12.4 Å². The number of nitrogens with two attached hydrogens (primary N) is 2. The van der Waals surface area contributed by atoms with Gasteiger partial charge in [-0.25, -0.2) is 0 Å². The lowest BCUT2D eigenvalue weighted by atomic mass is 10.0. The van der Waals surface area contributed by atoms with E-state index in [9.17, 15) is 0 Å². The number of aryl methyl sites for hydroxylation is 1. The van der Waals surface area contributed by atoms with Crippen molar-refractivity contribution >= 4 is 5.82 Å². The number of nitrogens with zero attached hydrogens (tertiary/aromatic N) is 2. The summed E-state index contributed by atoms with van der Waals surface area (Å²) in [6.07, 6.45) is 1.79. The van der Waals surface area contributed by atoms with Gasteiger partial charge in [0.2, 0.25) is 0 Å². The fourth-order valence-electron chi connectivity index (χ4n) is 1.49. The molecule has 0 aliphatic carbocycles. The Balaban J connectivity index is 3.27. The van der Waals surface area contributed by atoms with Crippen LogP contribution in [0.15, 0.2) is 0 Å². The Morgan fingerprint density at radius 2 is 1.77 bits per heavy atom. The van der Waals surface area contributed by atoms with Crippen LogP contribution in [0.5, 0.6) is 0 Å². The predicted molar refractivity (Wildman–Crippen MR) is 53.1 cm³/mol. The van der Waals surface area contributed by atoms with Crippen molar-refractivity contribution < 1.29 is 0 Å². The molecule has 4 N–H and O–H groups in total. The second-order valence-corrected chi connectivity index (χ2v) is 2.90. The summed E-state index contributed by atoms with van der Waals surface area (Å²) >= 11 is 0. The zero-order valence-electron chi connectivity index (χ0n) is 8.17. The Labute approximate surface area is 78.3 Å². The fourth-order valence-corrected chi connectivity index (χ4v) is 1.49. The Bertz CT molecular complexity index is 296. The maximum absolute atomic E-state index is 5.68. The summed E-state index contributed by atoms with van der Waals surface area (Å²) in [6.45, 7) is 4.58. The van der Waals surface area contributed by atoms with Gasteiger partial charge in [0, 0.05) is 12.1 Å². The van der Waals surface area contributed by atoms with E-state index in [1.54, 1.807) is 0 Å². The standard InChI is InChI=1S/C9H16N4/c1-3-6-7(5-10)9(11)13-12-8(6)4-2/h3-5,10H2,1-2H3,(H2,11,13). The third kappa shape index (κ3) is 1.78. The first-order valence-corrected chi connectivity index (χ1v) is 4.57. The van der Waals surface area contributed by atoms with Crippen molar-refractivity contribution in [3.8, 4) is 0 Å². The Kier molecular flexibility index (Phi) is 3.19. The third-order valence-electron chi connectivity index (χ3n) is 2.19. The minimum absolute atomic E-state index is 0.442. The zero-order chi connectivity index (χ0) is 9.84. The topological polar surface area (TPSA) is 77.8 Å². The summed E-state index contributed by atoms with van der Waals surface area (Å²) in [4.78, 5) is 0. The molecule has 0 amide bonds. The average molecular weight is 180 g/mol. The first-order valence-electron chi connectivity index (χ1n) is 4.57. The van der Waals surface area contributed by atoms with Crippen LogP contribution >= 0.6 is 0 Å². The molecule has 0 atom stereocenters. The van der Waals surface area contributed by atoms with E-state index >= 15 is 0 Å². The van der Waals surface area contributed by atoms with Gasteiger partial charge in [-0.05, 0) is 18.4 Å². The van der Waals surface area contributed by atoms with E-state index in [1.807, 2.05) is 0 Å². The predicted octanol–water partition coefficient (Wildman–Crippen LogP) is 0.642. The SMILES string of the molecule is CCc1nnc(N)c(CN)c1CC. The maximum Gasteiger partial charge on any atom is 0.150 e. The summed E-state index contributed by atoms with van der Waals surface area (Å²) in [5.74, 6) is 0.469. The number of aromatic nitrogens is 2. The number of nitrogen functional groups attached to an aromatic ring is 1. The van der Waals surface area contributed by atoms with Crippen molar-refractivity contribution in [2.24, 2.45) is 5.73 Å². The van der Waals surface area contributed by atoms with Gasteiger partial charge < -0.3 is 11.5 Å². The molecular weight excluding hydrogens is 164 g/mol. The lowest BCUT2D eigenvalue weighted by Gasteiger charge is -2.10. The molecule has 0 aliphatic heterocycles. The van der Waals surface area contributed by atoms with Gasteiger partial charge in [-0.2, -0.15) is 5.10 Å².